The van der Waals surface area contributed by atoms with E-state index in [-0.39, 0.29) is 5.91 Å². The second kappa shape index (κ2) is 7.17. The fourth-order valence-corrected chi connectivity index (χ4v) is 1.98. The number of hydrogen-bond donors (Lipinski definition) is 3. The van der Waals surface area contributed by atoms with Gasteiger partial charge in [0.15, 0.2) is 0 Å². The van der Waals surface area contributed by atoms with Gasteiger partial charge in [-0.25, -0.2) is 0 Å². The van der Waals surface area contributed by atoms with E-state index in [0.717, 1.165) is 16.9 Å². The molecule has 5 nitrogen and oxygen atoms in total. The van der Waals surface area contributed by atoms with Crippen LogP contribution in [0, 0.1) is 0 Å². The van der Waals surface area contributed by atoms with Crippen LogP contribution in [-0.2, 0) is 11.3 Å². The Labute approximate surface area is 129 Å². The Bertz CT molecular complexity index is 659. The van der Waals surface area contributed by atoms with Crippen LogP contribution in [0.25, 0.3) is 6.08 Å². The van der Waals surface area contributed by atoms with Crippen molar-refractivity contribution in [1.82, 2.24) is 5.32 Å². The maximum absolute atomic E-state index is 11.8. The Morgan fingerprint density at radius 3 is 2.36 bits per heavy atom. The Hall–Kier alpha value is -2.95. The number of nitrogen functional groups attached to an aromatic ring is 2. The number of nitrogens with two attached hydrogens (primary N) is 2. The molecule has 0 spiro atoms. The van der Waals surface area contributed by atoms with Gasteiger partial charge in [0.1, 0.15) is 5.75 Å². The minimum absolute atomic E-state index is 0.184. The molecule has 0 fully saturated rings. The summed E-state index contributed by atoms with van der Waals surface area (Å²) in [5, 5.41) is 2.78. The second-order valence-electron chi connectivity index (χ2n) is 4.83. The number of anilines is 2. The largest absolute Gasteiger partial charge is 0.497 e. The highest BCUT2D eigenvalue weighted by Crippen LogP contribution is 2.14. The predicted molar refractivity (Wildman–Crippen MR) is 89.1 cm³/mol. The minimum Gasteiger partial charge on any atom is -0.497 e. The van der Waals surface area contributed by atoms with E-state index in [1.165, 1.54) is 6.08 Å². The van der Waals surface area contributed by atoms with Crippen molar-refractivity contribution in [1.29, 1.82) is 0 Å². The van der Waals surface area contributed by atoms with E-state index >= 15 is 0 Å². The van der Waals surface area contributed by atoms with Crippen molar-refractivity contribution in [2.75, 3.05) is 18.6 Å². The molecule has 5 N–H and O–H groups in total. The summed E-state index contributed by atoms with van der Waals surface area (Å²) in [7, 11) is 1.61. The Morgan fingerprint density at radius 1 is 1.14 bits per heavy atom. The zero-order valence-electron chi connectivity index (χ0n) is 12.4. The average molecular weight is 297 g/mol. The van der Waals surface area contributed by atoms with Crippen molar-refractivity contribution in [2.45, 2.75) is 6.54 Å². The van der Waals surface area contributed by atoms with Crippen LogP contribution in [0.15, 0.2) is 48.5 Å². The molecule has 0 saturated carbocycles. The van der Waals surface area contributed by atoms with Crippen LogP contribution in [-0.4, -0.2) is 13.0 Å². The summed E-state index contributed by atoms with van der Waals surface area (Å²) in [5.41, 5.74) is 14.4. The van der Waals surface area contributed by atoms with Gasteiger partial charge >= 0.3 is 0 Å². The van der Waals surface area contributed by atoms with E-state index in [1.54, 1.807) is 31.4 Å². The molecule has 0 bridgehead atoms. The smallest absolute Gasteiger partial charge is 0.244 e. The van der Waals surface area contributed by atoms with Crippen LogP contribution >= 0.6 is 0 Å². The standard InChI is InChI=1S/C17H19N3O2/c1-22-16-5-2-12(3-6-16)4-7-17(21)20-11-13-8-14(18)10-15(19)9-13/h2-10H,11,18-19H2,1H3,(H,20,21)/b7-4+. The number of nitrogens with one attached hydrogen (secondary N) is 1. The summed E-state index contributed by atoms with van der Waals surface area (Å²) < 4.78 is 5.08. The highest BCUT2D eigenvalue weighted by atomic mass is 16.5. The molecule has 114 valence electrons. The van der Waals surface area contributed by atoms with Gasteiger partial charge in [-0.1, -0.05) is 12.1 Å². The summed E-state index contributed by atoms with van der Waals surface area (Å²) in [6.45, 7) is 0.376. The van der Waals surface area contributed by atoms with Gasteiger partial charge in [0.25, 0.3) is 0 Å². The maximum atomic E-state index is 11.8. The molecular weight excluding hydrogens is 278 g/mol. The normalized spacial score (nSPS) is 10.6. The van der Waals surface area contributed by atoms with Gasteiger partial charge in [-0.3, -0.25) is 4.79 Å². The first-order valence-corrected chi connectivity index (χ1v) is 6.82. The lowest BCUT2D eigenvalue weighted by Crippen LogP contribution is -2.20. The third-order valence-electron chi connectivity index (χ3n) is 3.05. The number of hydrogen-bond acceptors (Lipinski definition) is 4. The van der Waals surface area contributed by atoms with Crippen molar-refractivity contribution >= 4 is 23.4 Å². The highest BCUT2D eigenvalue weighted by Gasteiger charge is 1.99. The van der Waals surface area contributed by atoms with E-state index in [9.17, 15) is 4.79 Å². The van der Waals surface area contributed by atoms with Gasteiger partial charge in [0, 0.05) is 24.0 Å². The zero-order chi connectivity index (χ0) is 15.9. The molecule has 0 aromatic heterocycles. The molecule has 2 aromatic carbocycles. The molecule has 0 aliphatic rings. The van der Waals surface area contributed by atoms with Gasteiger partial charge in [0.2, 0.25) is 5.91 Å². The van der Waals surface area contributed by atoms with Gasteiger partial charge in [-0.2, -0.15) is 0 Å². The van der Waals surface area contributed by atoms with Gasteiger partial charge < -0.3 is 21.5 Å². The summed E-state index contributed by atoms with van der Waals surface area (Å²) >= 11 is 0. The minimum atomic E-state index is -0.184. The van der Waals surface area contributed by atoms with Gasteiger partial charge in [0.05, 0.1) is 7.11 Å². The van der Waals surface area contributed by atoms with Crippen molar-refractivity contribution in [3.63, 3.8) is 0 Å². The third kappa shape index (κ3) is 4.56. The van der Waals surface area contributed by atoms with E-state index in [4.69, 9.17) is 16.2 Å². The molecule has 0 unspecified atom stereocenters. The van der Waals surface area contributed by atoms with Crippen molar-refractivity contribution < 1.29 is 9.53 Å². The molecule has 0 heterocycles. The quantitative estimate of drug-likeness (QED) is 0.583. The van der Waals surface area contributed by atoms with Crippen molar-refractivity contribution in [3.05, 3.63) is 59.7 Å². The summed E-state index contributed by atoms with van der Waals surface area (Å²) in [4.78, 5) is 11.8. The molecule has 0 radical (unpaired) electrons. The average Bonchev–Trinajstić information content (AvgIpc) is 2.50. The summed E-state index contributed by atoms with van der Waals surface area (Å²) in [6, 6.07) is 12.7. The summed E-state index contributed by atoms with van der Waals surface area (Å²) in [5.74, 6) is 0.595. The summed E-state index contributed by atoms with van der Waals surface area (Å²) in [6.07, 6.45) is 3.22. The Balaban J connectivity index is 1.90. The molecule has 5 heteroatoms. The number of ether oxygens (including phenoxy) is 1. The Kier molecular flexibility index (Phi) is 5.03. The van der Waals surface area contributed by atoms with Gasteiger partial charge in [-0.15, -0.1) is 0 Å². The van der Waals surface area contributed by atoms with Gasteiger partial charge in [-0.05, 0) is 47.5 Å². The van der Waals surface area contributed by atoms with Crippen LogP contribution in [0.4, 0.5) is 11.4 Å². The lowest BCUT2D eigenvalue weighted by Gasteiger charge is -2.05. The third-order valence-corrected chi connectivity index (χ3v) is 3.05. The van der Waals surface area contributed by atoms with Crippen LogP contribution in [0.1, 0.15) is 11.1 Å². The Morgan fingerprint density at radius 2 is 1.77 bits per heavy atom. The monoisotopic (exact) mass is 297 g/mol. The molecule has 0 aliphatic carbocycles. The first-order valence-electron chi connectivity index (χ1n) is 6.82. The molecule has 0 saturated heterocycles. The predicted octanol–water partition coefficient (Wildman–Crippen LogP) is 2.19. The number of rotatable bonds is 5. The molecule has 22 heavy (non-hydrogen) atoms. The second-order valence-corrected chi connectivity index (χ2v) is 4.83. The van der Waals surface area contributed by atoms with Crippen LogP contribution in [0.2, 0.25) is 0 Å². The number of methoxy groups -OCH3 is 1. The SMILES string of the molecule is COc1ccc(/C=C/C(=O)NCc2cc(N)cc(N)c2)cc1. The van der Waals surface area contributed by atoms with Crippen LogP contribution < -0.4 is 21.5 Å². The lowest BCUT2D eigenvalue weighted by atomic mass is 10.1. The first-order chi connectivity index (χ1) is 10.6. The first kappa shape index (κ1) is 15.4. The zero-order valence-corrected chi connectivity index (χ0v) is 12.4. The van der Waals surface area contributed by atoms with E-state index in [1.807, 2.05) is 24.3 Å². The number of carbonyl (C=O) groups is 1. The number of amides is 1. The number of carbonyl (C=O) groups excluding carboxylic acids is 1. The van der Waals surface area contributed by atoms with E-state index in [2.05, 4.69) is 5.32 Å². The molecule has 0 atom stereocenters. The van der Waals surface area contributed by atoms with Crippen molar-refractivity contribution in [2.24, 2.45) is 0 Å². The molecule has 2 rings (SSSR count). The molecule has 2 aromatic rings. The highest BCUT2D eigenvalue weighted by molar-refractivity contribution is 5.91. The lowest BCUT2D eigenvalue weighted by molar-refractivity contribution is -0.116. The molecular formula is C17H19N3O2. The van der Waals surface area contributed by atoms with E-state index in [0.29, 0.717) is 17.9 Å². The van der Waals surface area contributed by atoms with Crippen molar-refractivity contribution in [3.8, 4) is 5.75 Å². The molecule has 0 aliphatic heterocycles. The fraction of sp³-hybridized carbons (Fsp3) is 0.118. The van der Waals surface area contributed by atoms with Crippen LogP contribution in [0.5, 0.6) is 5.75 Å². The van der Waals surface area contributed by atoms with E-state index < -0.39 is 0 Å². The fourth-order valence-electron chi connectivity index (χ4n) is 1.98. The number of benzene rings is 2. The van der Waals surface area contributed by atoms with Crippen LogP contribution in [0.3, 0.4) is 0 Å². The maximum Gasteiger partial charge on any atom is 0.244 e. The molecule has 1 amide bonds. The topological polar surface area (TPSA) is 90.4 Å².